The van der Waals surface area contributed by atoms with Crippen LogP contribution in [0.4, 0.5) is 0 Å². The van der Waals surface area contributed by atoms with Crippen LogP contribution in [0.3, 0.4) is 0 Å². The van der Waals surface area contributed by atoms with Crippen molar-refractivity contribution in [1.82, 2.24) is 10.2 Å². The first-order valence-electron chi connectivity index (χ1n) is 6.63. The third-order valence-electron chi connectivity index (χ3n) is 3.68. The molecule has 2 rings (SSSR count). The first kappa shape index (κ1) is 13.6. The van der Waals surface area contributed by atoms with Gasteiger partial charge in [-0.25, -0.2) is 4.79 Å². The summed E-state index contributed by atoms with van der Waals surface area (Å²) in [7, 11) is 0. The average molecular weight is 270 g/mol. The fourth-order valence-corrected chi connectivity index (χ4v) is 3.70. The highest BCUT2D eigenvalue weighted by Crippen LogP contribution is 2.40. The van der Waals surface area contributed by atoms with Gasteiger partial charge in [-0.1, -0.05) is 19.8 Å². The van der Waals surface area contributed by atoms with Crippen molar-refractivity contribution in [1.29, 1.82) is 0 Å². The van der Waals surface area contributed by atoms with Gasteiger partial charge >= 0.3 is 5.97 Å². The van der Waals surface area contributed by atoms with Crippen LogP contribution in [0, 0.1) is 0 Å². The Morgan fingerprint density at radius 3 is 2.78 bits per heavy atom. The largest absolute Gasteiger partial charge is 0.437 e. The van der Waals surface area contributed by atoms with Crippen molar-refractivity contribution in [2.24, 2.45) is 0 Å². The second-order valence-electron chi connectivity index (χ2n) is 6.11. The first-order chi connectivity index (χ1) is 8.29. The summed E-state index contributed by atoms with van der Waals surface area (Å²) in [5.74, 6) is -0.132. The van der Waals surface area contributed by atoms with Crippen LogP contribution in [0.2, 0.25) is 0 Å². The van der Waals surface area contributed by atoms with Gasteiger partial charge in [-0.15, -0.1) is 0 Å². The Morgan fingerprint density at radius 1 is 1.50 bits per heavy atom. The number of unbranched alkanes of at least 4 members (excludes halogenated alkanes) is 1. The lowest BCUT2D eigenvalue weighted by Crippen LogP contribution is -2.66. The van der Waals surface area contributed by atoms with Crippen molar-refractivity contribution in [3.8, 4) is 0 Å². The molecule has 0 aromatic heterocycles. The highest BCUT2D eigenvalue weighted by atomic mass is 32.1. The molecule has 4 nitrogen and oxygen atoms in total. The zero-order valence-electron chi connectivity index (χ0n) is 11.6. The summed E-state index contributed by atoms with van der Waals surface area (Å²) < 4.78 is 5.63. The fraction of sp³-hybridized carbons (Fsp3) is 0.846. The second kappa shape index (κ2) is 4.37. The number of esters is 1. The Kier molecular flexibility index (Phi) is 3.30. The van der Waals surface area contributed by atoms with E-state index in [0.717, 1.165) is 25.7 Å². The second-order valence-corrected chi connectivity index (χ2v) is 6.50. The van der Waals surface area contributed by atoms with E-state index >= 15 is 0 Å². The average Bonchev–Trinajstić information content (AvgIpc) is 2.43. The molecule has 0 aliphatic carbocycles. The molecule has 0 aromatic carbocycles. The van der Waals surface area contributed by atoms with Gasteiger partial charge < -0.3 is 10.1 Å². The van der Waals surface area contributed by atoms with E-state index in [0.29, 0.717) is 5.11 Å². The van der Waals surface area contributed by atoms with Crippen molar-refractivity contribution in [3.05, 3.63) is 0 Å². The van der Waals surface area contributed by atoms with Crippen LogP contribution in [0.5, 0.6) is 0 Å². The van der Waals surface area contributed by atoms with Crippen LogP contribution < -0.4 is 5.32 Å². The predicted octanol–water partition coefficient (Wildman–Crippen LogP) is 2.18. The number of rotatable bonds is 3. The number of thiocarbonyl (C=S) groups is 1. The minimum atomic E-state index is -0.582. The molecule has 2 fully saturated rings. The number of ether oxygens (including phenoxy) is 1. The van der Waals surface area contributed by atoms with E-state index in [2.05, 4.69) is 26.1 Å². The number of nitrogens with one attached hydrogen (secondary N) is 1. The van der Waals surface area contributed by atoms with Crippen molar-refractivity contribution < 1.29 is 9.53 Å². The molecule has 2 aliphatic heterocycles. The molecule has 5 heteroatoms. The van der Waals surface area contributed by atoms with Crippen LogP contribution in [0.25, 0.3) is 0 Å². The van der Waals surface area contributed by atoms with E-state index in [-0.39, 0.29) is 17.6 Å². The van der Waals surface area contributed by atoms with Gasteiger partial charge in [0.1, 0.15) is 6.04 Å². The molecule has 18 heavy (non-hydrogen) atoms. The smallest absolute Gasteiger partial charge is 0.331 e. The first-order valence-corrected chi connectivity index (χ1v) is 7.04. The summed E-state index contributed by atoms with van der Waals surface area (Å²) >= 11 is 5.43. The molecule has 0 amide bonds. The maximum Gasteiger partial charge on any atom is 0.331 e. The van der Waals surface area contributed by atoms with E-state index in [1.807, 2.05) is 11.8 Å². The Balaban J connectivity index is 2.25. The molecule has 1 N–H and O–H groups in total. The number of hydrogen-bond donors (Lipinski definition) is 1. The van der Waals surface area contributed by atoms with E-state index < -0.39 is 5.72 Å². The van der Waals surface area contributed by atoms with Crippen LogP contribution >= 0.6 is 12.2 Å². The number of carbonyl (C=O) groups excluding carboxylic acids is 1. The molecule has 102 valence electrons. The molecule has 0 unspecified atom stereocenters. The summed E-state index contributed by atoms with van der Waals surface area (Å²) in [5, 5.41) is 3.94. The molecule has 0 bridgehead atoms. The molecule has 0 aromatic rings. The minimum Gasteiger partial charge on any atom is -0.437 e. The molecule has 2 aliphatic rings. The van der Waals surface area contributed by atoms with Gasteiger partial charge in [-0.05, 0) is 39.4 Å². The van der Waals surface area contributed by atoms with E-state index in [4.69, 9.17) is 17.0 Å². The van der Waals surface area contributed by atoms with E-state index in [9.17, 15) is 4.79 Å². The number of nitrogens with zero attached hydrogens (tertiary/aromatic N) is 1. The van der Waals surface area contributed by atoms with Crippen LogP contribution in [0.15, 0.2) is 0 Å². The highest BCUT2D eigenvalue weighted by molar-refractivity contribution is 7.80. The molecule has 0 radical (unpaired) electrons. The maximum atomic E-state index is 12.1. The highest BCUT2D eigenvalue weighted by Gasteiger charge is 2.56. The zero-order chi connectivity index (χ0) is 13.6. The summed E-state index contributed by atoms with van der Waals surface area (Å²) in [4.78, 5) is 14.0. The third-order valence-corrected chi connectivity index (χ3v) is 3.98. The number of fused-ring (bicyclic) bond motifs is 1. The molecule has 0 spiro atoms. The van der Waals surface area contributed by atoms with Gasteiger partial charge in [0.05, 0.1) is 0 Å². The molecular weight excluding hydrogens is 248 g/mol. The van der Waals surface area contributed by atoms with Crippen molar-refractivity contribution in [3.63, 3.8) is 0 Å². The van der Waals surface area contributed by atoms with Gasteiger partial charge in [0.2, 0.25) is 0 Å². The maximum absolute atomic E-state index is 12.1. The summed E-state index contributed by atoms with van der Waals surface area (Å²) in [6.45, 7) is 8.24. The Morgan fingerprint density at radius 2 is 2.17 bits per heavy atom. The summed E-state index contributed by atoms with van der Waals surface area (Å²) in [6.07, 6.45) is 3.64. The van der Waals surface area contributed by atoms with Gasteiger partial charge in [-0.3, -0.25) is 4.90 Å². The topological polar surface area (TPSA) is 41.6 Å². The Hall–Kier alpha value is -0.840. The SMILES string of the molecule is CCCC[C@@H]1C(=O)O[C@@]2(C)CC(C)(C)NC(=S)N12. The van der Waals surface area contributed by atoms with Crippen molar-refractivity contribution in [2.45, 2.75) is 70.7 Å². The molecule has 2 atom stereocenters. The van der Waals surface area contributed by atoms with Gasteiger partial charge in [0, 0.05) is 12.0 Å². The van der Waals surface area contributed by atoms with Crippen LogP contribution in [0.1, 0.15) is 53.4 Å². The lowest BCUT2D eigenvalue weighted by Gasteiger charge is -2.48. The van der Waals surface area contributed by atoms with Gasteiger partial charge in [-0.2, -0.15) is 0 Å². The lowest BCUT2D eigenvalue weighted by molar-refractivity contribution is -0.153. The standard InChI is InChI=1S/C13H22N2O2S/c1-5-6-7-9-10(16)17-13(4)8-12(2,3)14-11(18)15(9)13/h9H,5-8H2,1-4H3,(H,14,18)/t9-,13+/m1/s1. The monoisotopic (exact) mass is 270 g/mol. The van der Waals surface area contributed by atoms with E-state index in [1.165, 1.54) is 0 Å². The summed E-state index contributed by atoms with van der Waals surface area (Å²) in [5.41, 5.74) is -0.719. The molecule has 2 saturated heterocycles. The number of carbonyl (C=O) groups is 1. The zero-order valence-corrected chi connectivity index (χ0v) is 12.4. The number of hydrogen-bond acceptors (Lipinski definition) is 3. The molecular formula is C13H22N2O2S. The lowest BCUT2D eigenvalue weighted by atomic mass is 9.90. The van der Waals surface area contributed by atoms with Gasteiger partial charge in [0.25, 0.3) is 0 Å². The van der Waals surface area contributed by atoms with Crippen molar-refractivity contribution in [2.75, 3.05) is 0 Å². The van der Waals surface area contributed by atoms with Crippen LogP contribution in [-0.4, -0.2) is 33.3 Å². The normalized spacial score (nSPS) is 34.0. The van der Waals surface area contributed by atoms with Crippen molar-refractivity contribution >= 4 is 23.3 Å². The van der Waals surface area contributed by atoms with Crippen LogP contribution in [-0.2, 0) is 9.53 Å². The predicted molar refractivity (Wildman–Crippen MR) is 74.1 cm³/mol. The third kappa shape index (κ3) is 2.20. The fourth-order valence-electron chi connectivity index (χ4n) is 3.10. The van der Waals surface area contributed by atoms with Gasteiger partial charge in [0.15, 0.2) is 10.8 Å². The molecule has 0 saturated carbocycles. The Bertz CT molecular complexity index is 383. The minimum absolute atomic E-state index is 0.132. The quantitative estimate of drug-likeness (QED) is 0.629. The molecule has 2 heterocycles. The summed E-state index contributed by atoms with van der Waals surface area (Å²) in [6, 6.07) is -0.217. The Labute approximate surface area is 114 Å². The van der Waals surface area contributed by atoms with E-state index in [1.54, 1.807) is 0 Å².